The van der Waals surface area contributed by atoms with E-state index in [4.69, 9.17) is 9.47 Å². The molecule has 3 rings (SSSR count). The third kappa shape index (κ3) is 2.79. The third-order valence-corrected chi connectivity index (χ3v) is 2.99. The first-order chi connectivity index (χ1) is 11.5. The second-order valence-electron chi connectivity index (χ2n) is 4.55. The van der Waals surface area contributed by atoms with Crippen LogP contribution in [0.15, 0.2) is 32.0 Å². The fraction of sp³-hybridized carbons (Fsp3) is 0.167. The number of benzene rings is 1. The highest BCUT2D eigenvalue weighted by atomic mass is 16.6. The standard InChI is InChI=1S/C12H9N5O7/c18-10-9(11(19)14-12(20)13-10)16-15-5-3-7-8(24-2-1-23-7)4-6(5)17(21)22/h3-4H,1-2H2,(H3,13,14,18,19,20). The first-order valence-corrected chi connectivity index (χ1v) is 6.51. The number of fused-ring (bicyclic) bond motifs is 1. The van der Waals surface area contributed by atoms with Crippen LogP contribution in [0.5, 0.6) is 17.4 Å². The maximum atomic E-state index is 11.6. The van der Waals surface area contributed by atoms with Crippen molar-refractivity contribution in [1.82, 2.24) is 9.97 Å². The predicted octanol–water partition coefficient (Wildman–Crippen LogP) is 0.864. The molecule has 12 heteroatoms. The minimum Gasteiger partial charge on any atom is -0.493 e. The number of H-pyrrole nitrogens is 2. The van der Waals surface area contributed by atoms with E-state index in [1.165, 1.54) is 6.07 Å². The largest absolute Gasteiger partial charge is 0.493 e. The fourth-order valence-corrected chi connectivity index (χ4v) is 1.96. The highest BCUT2D eigenvalue weighted by Gasteiger charge is 2.22. The van der Waals surface area contributed by atoms with Crippen LogP contribution in [0.2, 0.25) is 0 Å². The van der Waals surface area contributed by atoms with Crippen molar-refractivity contribution in [3.8, 4) is 17.4 Å². The first kappa shape index (κ1) is 15.2. The number of nitrogens with zero attached hydrogens (tertiary/aromatic N) is 3. The zero-order valence-corrected chi connectivity index (χ0v) is 11.8. The van der Waals surface area contributed by atoms with Gasteiger partial charge >= 0.3 is 11.4 Å². The Morgan fingerprint density at radius 1 is 1.12 bits per heavy atom. The van der Waals surface area contributed by atoms with Crippen LogP contribution in [0.3, 0.4) is 0 Å². The van der Waals surface area contributed by atoms with Gasteiger partial charge in [-0.25, -0.2) is 4.79 Å². The van der Waals surface area contributed by atoms with E-state index in [0.717, 1.165) is 6.07 Å². The summed E-state index contributed by atoms with van der Waals surface area (Å²) < 4.78 is 10.5. The van der Waals surface area contributed by atoms with E-state index in [2.05, 4.69) is 10.2 Å². The van der Waals surface area contributed by atoms with Gasteiger partial charge in [0, 0.05) is 6.07 Å². The smallest absolute Gasteiger partial charge is 0.328 e. The van der Waals surface area contributed by atoms with Crippen molar-refractivity contribution in [3.63, 3.8) is 0 Å². The molecule has 0 amide bonds. The predicted molar refractivity (Wildman–Crippen MR) is 77.6 cm³/mol. The van der Waals surface area contributed by atoms with Crippen molar-refractivity contribution in [2.75, 3.05) is 13.2 Å². The molecular formula is C12H9N5O7. The Morgan fingerprint density at radius 3 is 2.42 bits per heavy atom. The minimum absolute atomic E-state index is 0.191. The van der Waals surface area contributed by atoms with E-state index in [1.807, 2.05) is 9.97 Å². The summed E-state index contributed by atoms with van der Waals surface area (Å²) in [5, 5.41) is 27.7. The first-order valence-electron chi connectivity index (χ1n) is 6.51. The quantitative estimate of drug-likeness (QED) is 0.423. The molecule has 3 N–H and O–H groups in total. The molecule has 12 nitrogen and oxygen atoms in total. The Kier molecular flexibility index (Phi) is 3.69. The van der Waals surface area contributed by atoms with Crippen LogP contribution < -0.4 is 20.7 Å². The summed E-state index contributed by atoms with van der Waals surface area (Å²) in [6.07, 6.45) is 0. The molecule has 0 saturated carbocycles. The van der Waals surface area contributed by atoms with Crippen LogP contribution in [0, 0.1) is 10.1 Å². The summed E-state index contributed by atoms with van der Waals surface area (Å²) in [7, 11) is 0. The number of nitro groups is 1. The molecule has 1 aliphatic heterocycles. The Bertz CT molecular complexity index is 961. The average molecular weight is 335 g/mol. The summed E-state index contributed by atoms with van der Waals surface area (Å²) in [5.74, 6) is -0.385. The lowest BCUT2D eigenvalue weighted by Crippen LogP contribution is -2.20. The molecule has 0 atom stereocenters. The van der Waals surface area contributed by atoms with Crippen LogP contribution in [-0.2, 0) is 0 Å². The highest BCUT2D eigenvalue weighted by Crippen LogP contribution is 2.41. The normalized spacial score (nSPS) is 13.2. The summed E-state index contributed by atoms with van der Waals surface area (Å²) in [5.41, 5.74) is -3.17. The molecule has 0 fully saturated rings. The number of hydrogen-bond donors (Lipinski definition) is 3. The van der Waals surface area contributed by atoms with Gasteiger partial charge in [0.05, 0.1) is 11.0 Å². The van der Waals surface area contributed by atoms with E-state index in [-0.39, 0.29) is 30.4 Å². The molecule has 1 aromatic heterocycles. The van der Waals surface area contributed by atoms with Crippen molar-refractivity contribution in [2.45, 2.75) is 0 Å². The summed E-state index contributed by atoms with van der Waals surface area (Å²) in [6.45, 7) is 0.521. The molecule has 0 radical (unpaired) electrons. The zero-order valence-electron chi connectivity index (χ0n) is 11.8. The van der Waals surface area contributed by atoms with E-state index in [9.17, 15) is 24.8 Å². The molecule has 0 spiro atoms. The van der Waals surface area contributed by atoms with Crippen molar-refractivity contribution in [1.29, 1.82) is 0 Å². The fourth-order valence-electron chi connectivity index (χ4n) is 1.96. The molecule has 2 aromatic rings. The van der Waals surface area contributed by atoms with Gasteiger partial charge in [0.15, 0.2) is 17.2 Å². The van der Waals surface area contributed by atoms with Crippen LogP contribution in [0.25, 0.3) is 0 Å². The lowest BCUT2D eigenvalue weighted by molar-refractivity contribution is -0.384. The molecule has 0 bridgehead atoms. The van der Waals surface area contributed by atoms with Gasteiger partial charge in [-0.05, 0) is 0 Å². The lowest BCUT2D eigenvalue weighted by atomic mass is 10.2. The van der Waals surface area contributed by atoms with E-state index < -0.39 is 33.4 Å². The Hall–Kier alpha value is -3.70. The number of ether oxygens (including phenoxy) is 2. The molecule has 1 aromatic carbocycles. The van der Waals surface area contributed by atoms with Gasteiger partial charge in [0.25, 0.3) is 5.56 Å². The highest BCUT2D eigenvalue weighted by molar-refractivity contribution is 5.65. The third-order valence-electron chi connectivity index (χ3n) is 2.99. The molecule has 124 valence electrons. The van der Waals surface area contributed by atoms with Crippen molar-refractivity contribution >= 4 is 17.1 Å². The van der Waals surface area contributed by atoms with Crippen LogP contribution >= 0.6 is 0 Å². The number of rotatable bonds is 3. The number of hydrogen-bond acceptors (Lipinski definition) is 9. The molecule has 2 heterocycles. The van der Waals surface area contributed by atoms with E-state index in [1.54, 1.807) is 0 Å². The second-order valence-corrected chi connectivity index (χ2v) is 4.55. The van der Waals surface area contributed by atoms with Gasteiger partial charge in [-0.15, -0.1) is 10.2 Å². The van der Waals surface area contributed by atoms with Crippen LogP contribution in [0.1, 0.15) is 0 Å². The second kappa shape index (κ2) is 5.83. The molecule has 0 saturated heterocycles. The Labute approximate surface area is 131 Å². The zero-order chi connectivity index (χ0) is 17.3. The maximum Gasteiger partial charge on any atom is 0.328 e. The Balaban J connectivity index is 2.08. The SMILES string of the molecule is O=c1[nH]c(O)c(N=Nc2cc3c(cc2[N+](=O)[O-])OCCO3)c(=O)[nH]1. The number of aromatic amines is 2. The number of azo groups is 1. The average Bonchev–Trinajstić information content (AvgIpc) is 2.52. The maximum absolute atomic E-state index is 11.6. The molecular weight excluding hydrogens is 326 g/mol. The van der Waals surface area contributed by atoms with Gasteiger partial charge in [0.2, 0.25) is 11.6 Å². The Morgan fingerprint density at radius 2 is 1.79 bits per heavy atom. The van der Waals surface area contributed by atoms with Crippen LogP contribution in [0.4, 0.5) is 17.1 Å². The topological polar surface area (TPSA) is 172 Å². The van der Waals surface area contributed by atoms with Crippen molar-refractivity contribution in [3.05, 3.63) is 43.1 Å². The van der Waals surface area contributed by atoms with Gasteiger partial charge in [-0.2, -0.15) is 0 Å². The summed E-state index contributed by atoms with van der Waals surface area (Å²) in [6, 6.07) is 2.35. The van der Waals surface area contributed by atoms with E-state index in [0.29, 0.717) is 0 Å². The number of nitro benzene ring substituents is 1. The number of aromatic nitrogens is 2. The monoisotopic (exact) mass is 335 g/mol. The molecule has 24 heavy (non-hydrogen) atoms. The number of aromatic hydroxyl groups is 1. The van der Waals surface area contributed by atoms with Crippen molar-refractivity contribution in [2.24, 2.45) is 10.2 Å². The van der Waals surface area contributed by atoms with Gasteiger partial charge < -0.3 is 14.6 Å². The van der Waals surface area contributed by atoms with Crippen molar-refractivity contribution < 1.29 is 19.5 Å². The lowest BCUT2D eigenvalue weighted by Gasteiger charge is -2.18. The van der Waals surface area contributed by atoms with Gasteiger partial charge in [0.1, 0.15) is 13.2 Å². The van der Waals surface area contributed by atoms with E-state index >= 15 is 0 Å². The minimum atomic E-state index is -1.000. The van der Waals surface area contributed by atoms with Crippen LogP contribution in [-0.4, -0.2) is 33.2 Å². The summed E-state index contributed by atoms with van der Waals surface area (Å²) in [4.78, 5) is 36.7. The molecule has 1 aliphatic rings. The molecule has 0 unspecified atom stereocenters. The molecule has 0 aliphatic carbocycles. The van der Waals surface area contributed by atoms with Gasteiger partial charge in [-0.3, -0.25) is 24.9 Å². The van der Waals surface area contributed by atoms with Gasteiger partial charge in [-0.1, -0.05) is 0 Å². The summed E-state index contributed by atoms with van der Waals surface area (Å²) >= 11 is 0. The number of nitrogens with one attached hydrogen (secondary N) is 2.